The summed E-state index contributed by atoms with van der Waals surface area (Å²) in [5.41, 5.74) is 0. The number of nitrogens with one attached hydrogen (secondary N) is 1. The maximum Gasteiger partial charge on any atom is 0.241 e. The fourth-order valence-electron chi connectivity index (χ4n) is 2.28. The highest BCUT2D eigenvalue weighted by atomic mass is 32.2. The second-order valence-corrected chi connectivity index (χ2v) is 6.02. The number of carbonyl (C=O) groups is 1. The van der Waals surface area contributed by atoms with E-state index in [2.05, 4.69) is 19.2 Å². The molecule has 0 spiro atoms. The van der Waals surface area contributed by atoms with Crippen molar-refractivity contribution in [2.45, 2.75) is 26.3 Å². The van der Waals surface area contributed by atoms with Crippen LogP contribution in [0.3, 0.4) is 0 Å². The van der Waals surface area contributed by atoms with Gasteiger partial charge in [0.1, 0.15) is 0 Å². The second-order valence-electron chi connectivity index (χ2n) is 4.87. The average molecular weight is 228 g/mol. The molecule has 2 aliphatic heterocycles. The molecule has 86 valence electrons. The Bertz CT molecular complexity index is 239. The van der Waals surface area contributed by atoms with Crippen LogP contribution < -0.4 is 5.32 Å². The van der Waals surface area contributed by atoms with Gasteiger partial charge in [0.2, 0.25) is 5.91 Å². The molecule has 2 fully saturated rings. The van der Waals surface area contributed by atoms with Gasteiger partial charge in [0.25, 0.3) is 0 Å². The summed E-state index contributed by atoms with van der Waals surface area (Å²) in [7, 11) is 0. The van der Waals surface area contributed by atoms with Crippen molar-refractivity contribution in [1.29, 1.82) is 0 Å². The third-order valence-corrected chi connectivity index (χ3v) is 4.48. The smallest absolute Gasteiger partial charge is 0.241 e. The second kappa shape index (κ2) is 4.74. The Hall–Kier alpha value is -0.220. The molecular weight excluding hydrogens is 208 g/mol. The van der Waals surface area contributed by atoms with Crippen molar-refractivity contribution in [3.8, 4) is 0 Å². The largest absolute Gasteiger partial charge is 0.328 e. The fraction of sp³-hybridized carbons (Fsp3) is 0.909. The standard InChI is InChI=1S/C11H20N2OS/c1-8(2)10-11(14)13(7-12-10)5-9-3-4-15-6-9/h8-10,12H,3-7H2,1-2H3. The molecule has 0 aromatic heterocycles. The molecule has 2 atom stereocenters. The summed E-state index contributed by atoms with van der Waals surface area (Å²) in [6, 6.07) is 0.0547. The number of carbonyl (C=O) groups excluding carboxylic acids is 1. The lowest BCUT2D eigenvalue weighted by Gasteiger charge is -2.19. The Kier molecular flexibility index (Phi) is 3.57. The molecule has 3 nitrogen and oxygen atoms in total. The lowest BCUT2D eigenvalue weighted by molar-refractivity contribution is -0.130. The first-order chi connectivity index (χ1) is 7.18. The first kappa shape index (κ1) is 11.3. The monoisotopic (exact) mass is 228 g/mol. The molecular formula is C11H20N2OS. The first-order valence-electron chi connectivity index (χ1n) is 5.78. The average Bonchev–Trinajstić information content (AvgIpc) is 2.78. The van der Waals surface area contributed by atoms with Gasteiger partial charge in [-0.15, -0.1) is 0 Å². The van der Waals surface area contributed by atoms with E-state index in [-0.39, 0.29) is 6.04 Å². The molecule has 2 saturated heterocycles. The minimum Gasteiger partial charge on any atom is -0.328 e. The summed E-state index contributed by atoms with van der Waals surface area (Å²) in [4.78, 5) is 14.0. The van der Waals surface area contributed by atoms with Gasteiger partial charge in [-0.3, -0.25) is 10.1 Å². The van der Waals surface area contributed by atoms with Crippen LogP contribution in [0.25, 0.3) is 0 Å². The molecule has 2 aliphatic rings. The Morgan fingerprint density at radius 3 is 2.93 bits per heavy atom. The van der Waals surface area contributed by atoms with Gasteiger partial charge in [-0.25, -0.2) is 0 Å². The van der Waals surface area contributed by atoms with Crippen LogP contribution in [0.2, 0.25) is 0 Å². The number of amides is 1. The normalized spacial score (nSPS) is 31.9. The number of thioether (sulfide) groups is 1. The van der Waals surface area contributed by atoms with Crippen molar-refractivity contribution in [2.75, 3.05) is 24.7 Å². The molecule has 1 N–H and O–H groups in total. The zero-order valence-corrected chi connectivity index (χ0v) is 10.3. The van der Waals surface area contributed by atoms with E-state index in [0.717, 1.165) is 19.1 Å². The van der Waals surface area contributed by atoms with E-state index in [1.54, 1.807) is 0 Å². The summed E-state index contributed by atoms with van der Waals surface area (Å²) in [5, 5.41) is 3.30. The maximum absolute atomic E-state index is 12.0. The van der Waals surface area contributed by atoms with Gasteiger partial charge in [-0.1, -0.05) is 13.8 Å². The van der Waals surface area contributed by atoms with E-state index < -0.39 is 0 Å². The Morgan fingerprint density at radius 2 is 2.40 bits per heavy atom. The lowest BCUT2D eigenvalue weighted by Crippen LogP contribution is -2.36. The van der Waals surface area contributed by atoms with Gasteiger partial charge in [0.15, 0.2) is 0 Å². The molecule has 15 heavy (non-hydrogen) atoms. The Balaban J connectivity index is 1.86. The predicted octanol–water partition coefficient (Wildman–Crippen LogP) is 1.15. The van der Waals surface area contributed by atoms with Crippen LogP contribution in [0.5, 0.6) is 0 Å². The third kappa shape index (κ3) is 2.48. The van der Waals surface area contributed by atoms with Gasteiger partial charge in [0, 0.05) is 6.54 Å². The molecule has 0 saturated carbocycles. The van der Waals surface area contributed by atoms with Gasteiger partial charge in [-0.05, 0) is 29.8 Å². The van der Waals surface area contributed by atoms with Crippen molar-refractivity contribution in [3.63, 3.8) is 0 Å². The third-order valence-electron chi connectivity index (χ3n) is 3.25. The summed E-state index contributed by atoms with van der Waals surface area (Å²) in [6.45, 7) is 5.92. The van der Waals surface area contributed by atoms with Gasteiger partial charge < -0.3 is 4.90 Å². The van der Waals surface area contributed by atoms with E-state index in [4.69, 9.17) is 0 Å². The quantitative estimate of drug-likeness (QED) is 0.786. The van der Waals surface area contributed by atoms with E-state index in [0.29, 0.717) is 11.8 Å². The summed E-state index contributed by atoms with van der Waals surface area (Å²) in [6.07, 6.45) is 1.28. The lowest BCUT2D eigenvalue weighted by atomic mass is 10.0. The van der Waals surface area contributed by atoms with Gasteiger partial charge in [-0.2, -0.15) is 11.8 Å². The summed E-state index contributed by atoms with van der Waals surface area (Å²) < 4.78 is 0. The highest BCUT2D eigenvalue weighted by molar-refractivity contribution is 7.99. The molecule has 4 heteroatoms. The zero-order valence-electron chi connectivity index (χ0n) is 9.53. The van der Waals surface area contributed by atoms with Crippen LogP contribution in [0.15, 0.2) is 0 Å². The van der Waals surface area contributed by atoms with E-state index >= 15 is 0 Å². The maximum atomic E-state index is 12.0. The first-order valence-corrected chi connectivity index (χ1v) is 6.94. The van der Waals surface area contributed by atoms with Gasteiger partial charge in [0.05, 0.1) is 12.7 Å². The van der Waals surface area contributed by atoms with Crippen LogP contribution in [0.1, 0.15) is 20.3 Å². The molecule has 2 rings (SSSR count). The number of nitrogens with zero attached hydrogens (tertiary/aromatic N) is 1. The zero-order chi connectivity index (χ0) is 10.8. The Labute approximate surface area is 96.0 Å². The molecule has 2 unspecified atom stereocenters. The van der Waals surface area contributed by atoms with Crippen LogP contribution >= 0.6 is 11.8 Å². The van der Waals surface area contributed by atoms with Crippen LogP contribution in [0, 0.1) is 11.8 Å². The van der Waals surface area contributed by atoms with E-state index in [1.807, 2.05) is 16.7 Å². The Morgan fingerprint density at radius 1 is 1.60 bits per heavy atom. The molecule has 0 aromatic rings. The minimum absolute atomic E-state index is 0.0547. The highest BCUT2D eigenvalue weighted by Crippen LogP contribution is 2.25. The van der Waals surface area contributed by atoms with Crippen LogP contribution in [-0.4, -0.2) is 41.6 Å². The van der Waals surface area contributed by atoms with Gasteiger partial charge >= 0.3 is 0 Å². The molecule has 1 amide bonds. The molecule has 0 bridgehead atoms. The van der Waals surface area contributed by atoms with Crippen molar-refractivity contribution in [3.05, 3.63) is 0 Å². The van der Waals surface area contributed by atoms with Crippen molar-refractivity contribution in [1.82, 2.24) is 10.2 Å². The highest BCUT2D eigenvalue weighted by Gasteiger charge is 2.34. The molecule has 2 heterocycles. The minimum atomic E-state index is 0.0547. The van der Waals surface area contributed by atoms with Crippen LogP contribution in [-0.2, 0) is 4.79 Å². The van der Waals surface area contributed by atoms with E-state index in [9.17, 15) is 4.79 Å². The number of rotatable bonds is 3. The molecule has 0 radical (unpaired) electrons. The SMILES string of the molecule is CC(C)C1NCN(CC2CCSC2)C1=O. The molecule has 0 aromatic carbocycles. The van der Waals surface area contributed by atoms with Crippen molar-refractivity contribution < 1.29 is 4.79 Å². The summed E-state index contributed by atoms with van der Waals surface area (Å²) in [5.74, 6) is 3.94. The number of hydrogen-bond donors (Lipinski definition) is 1. The summed E-state index contributed by atoms with van der Waals surface area (Å²) >= 11 is 2.02. The number of hydrogen-bond acceptors (Lipinski definition) is 3. The predicted molar refractivity (Wildman–Crippen MR) is 63.8 cm³/mol. The van der Waals surface area contributed by atoms with Crippen molar-refractivity contribution in [2.24, 2.45) is 11.8 Å². The van der Waals surface area contributed by atoms with Crippen LogP contribution in [0.4, 0.5) is 0 Å². The topological polar surface area (TPSA) is 32.3 Å². The van der Waals surface area contributed by atoms with E-state index in [1.165, 1.54) is 17.9 Å². The molecule has 0 aliphatic carbocycles. The van der Waals surface area contributed by atoms with Crippen molar-refractivity contribution >= 4 is 17.7 Å². The fourth-order valence-corrected chi connectivity index (χ4v) is 3.56.